The highest BCUT2D eigenvalue weighted by molar-refractivity contribution is 6.02. The topological polar surface area (TPSA) is 74.0 Å². The summed E-state index contributed by atoms with van der Waals surface area (Å²) in [6.07, 6.45) is 4.74. The van der Waals surface area contributed by atoms with Gasteiger partial charge < -0.3 is 5.73 Å². The van der Waals surface area contributed by atoms with Crippen LogP contribution in [0.2, 0.25) is 0 Å². The van der Waals surface area contributed by atoms with Gasteiger partial charge in [0, 0.05) is 23.4 Å². The van der Waals surface area contributed by atoms with Gasteiger partial charge in [0.05, 0.1) is 27.8 Å². The molecular formula is C39H32N6. The second-order valence-electron chi connectivity index (χ2n) is 10.8. The van der Waals surface area contributed by atoms with Crippen LogP contribution in [0.3, 0.4) is 0 Å². The zero-order valence-corrected chi connectivity index (χ0v) is 25.0. The van der Waals surface area contributed by atoms with E-state index in [1.807, 2.05) is 103 Å². The maximum atomic E-state index is 6.77. The molecule has 218 valence electrons. The third-order valence-corrected chi connectivity index (χ3v) is 7.75. The van der Waals surface area contributed by atoms with E-state index in [9.17, 15) is 0 Å². The third kappa shape index (κ3) is 5.69. The van der Waals surface area contributed by atoms with Crippen molar-refractivity contribution in [3.05, 3.63) is 169 Å². The molecule has 0 fully saturated rings. The number of hydrogen-bond acceptors (Lipinski definition) is 3. The fourth-order valence-corrected chi connectivity index (χ4v) is 5.65. The first kappa shape index (κ1) is 27.8. The Morgan fingerprint density at radius 1 is 0.644 bits per heavy atom. The fraction of sp³-hybridized carbons (Fsp3) is 0.0513. The Hall–Kier alpha value is -6.01. The molecule has 0 aliphatic heterocycles. The van der Waals surface area contributed by atoms with E-state index >= 15 is 0 Å². The van der Waals surface area contributed by atoms with Gasteiger partial charge in [0.15, 0.2) is 0 Å². The molecule has 45 heavy (non-hydrogen) atoms. The molecule has 0 aliphatic carbocycles. The predicted molar refractivity (Wildman–Crippen MR) is 185 cm³/mol. The Labute approximate surface area is 262 Å². The second-order valence-corrected chi connectivity index (χ2v) is 10.8. The van der Waals surface area contributed by atoms with Crippen LogP contribution in [-0.4, -0.2) is 24.9 Å². The number of aliphatic imine (C=N–C) groups is 1. The minimum absolute atomic E-state index is 0.422. The average Bonchev–Trinajstić information content (AvgIpc) is 3.66. The van der Waals surface area contributed by atoms with Gasteiger partial charge >= 0.3 is 0 Å². The number of imidazole rings is 2. The van der Waals surface area contributed by atoms with Crippen LogP contribution in [0.15, 0.2) is 162 Å². The summed E-state index contributed by atoms with van der Waals surface area (Å²) in [5.41, 5.74) is 15.4. The molecule has 0 spiro atoms. The number of allylic oxidation sites excluding steroid dienone is 2. The van der Waals surface area contributed by atoms with Crippen molar-refractivity contribution in [1.82, 2.24) is 19.1 Å². The Morgan fingerprint density at radius 2 is 1.16 bits per heavy atom. The van der Waals surface area contributed by atoms with Crippen molar-refractivity contribution in [2.75, 3.05) is 0 Å². The number of benzene rings is 5. The summed E-state index contributed by atoms with van der Waals surface area (Å²) in [6, 6.07) is 46.8. The van der Waals surface area contributed by atoms with E-state index < -0.39 is 0 Å². The Kier molecular flexibility index (Phi) is 7.60. The molecule has 0 saturated carbocycles. The highest BCUT2D eigenvalue weighted by Gasteiger charge is 2.16. The van der Waals surface area contributed by atoms with E-state index in [0.717, 1.165) is 61.9 Å². The van der Waals surface area contributed by atoms with Gasteiger partial charge in [0.1, 0.15) is 17.5 Å². The van der Waals surface area contributed by atoms with Crippen molar-refractivity contribution in [3.63, 3.8) is 0 Å². The average molecular weight is 585 g/mol. The SMILES string of the molecule is C/C(=C\C(=C/Cc1nc2ccccc2n1-c1ccccc1)C(N)=Nc1ccccc1)c1nc2ccccc2n1-c1ccccc1. The number of para-hydroxylation sites is 7. The standard InChI is InChI=1S/C39H32N6/c1-28(39-43-34-22-12-14-24-36(34)45(39)32-19-9-4-10-20-32)27-29(38(40)41-30-15-5-2-6-16-30)25-26-37-42-33-21-11-13-23-35(33)44(37)31-17-7-3-8-18-31/h2-25,27H,26H2,1H3,(H2,40,41)/b28-27+,29-25+. The number of nitrogens with two attached hydrogens (primary N) is 1. The van der Waals surface area contributed by atoms with Gasteiger partial charge in [0.2, 0.25) is 0 Å². The molecule has 7 rings (SSSR count). The zero-order chi connectivity index (χ0) is 30.6. The summed E-state index contributed by atoms with van der Waals surface area (Å²) in [5.74, 6) is 2.18. The van der Waals surface area contributed by atoms with Gasteiger partial charge in [-0.25, -0.2) is 15.0 Å². The highest BCUT2D eigenvalue weighted by atomic mass is 15.1. The lowest BCUT2D eigenvalue weighted by atomic mass is 10.1. The van der Waals surface area contributed by atoms with Gasteiger partial charge in [-0.1, -0.05) is 84.9 Å². The molecule has 7 aromatic rings. The summed E-state index contributed by atoms with van der Waals surface area (Å²) in [4.78, 5) is 14.9. The molecule has 6 nitrogen and oxygen atoms in total. The fourth-order valence-electron chi connectivity index (χ4n) is 5.65. The summed E-state index contributed by atoms with van der Waals surface area (Å²) < 4.78 is 4.40. The number of aromatic nitrogens is 4. The highest BCUT2D eigenvalue weighted by Crippen LogP contribution is 2.28. The normalized spacial score (nSPS) is 12.7. The molecular weight excluding hydrogens is 552 g/mol. The lowest BCUT2D eigenvalue weighted by molar-refractivity contribution is 0.948. The minimum atomic E-state index is 0.422. The van der Waals surface area contributed by atoms with E-state index in [0.29, 0.717) is 12.3 Å². The molecule has 0 bridgehead atoms. The van der Waals surface area contributed by atoms with Gasteiger partial charge in [-0.3, -0.25) is 9.13 Å². The van der Waals surface area contributed by atoms with Crippen LogP contribution < -0.4 is 5.73 Å². The molecule has 0 unspecified atom stereocenters. The number of fused-ring (bicyclic) bond motifs is 2. The van der Waals surface area contributed by atoms with Crippen LogP contribution in [0.1, 0.15) is 18.6 Å². The first-order valence-corrected chi connectivity index (χ1v) is 15.0. The van der Waals surface area contributed by atoms with Crippen LogP contribution in [0, 0.1) is 0 Å². The molecule has 0 aliphatic rings. The van der Waals surface area contributed by atoms with Gasteiger partial charge in [-0.15, -0.1) is 0 Å². The first-order chi connectivity index (χ1) is 22.2. The third-order valence-electron chi connectivity index (χ3n) is 7.75. The van der Waals surface area contributed by atoms with Crippen LogP contribution >= 0.6 is 0 Å². The Morgan fingerprint density at radius 3 is 1.80 bits per heavy atom. The van der Waals surface area contributed by atoms with Crippen LogP contribution in [0.25, 0.3) is 39.0 Å². The quantitative estimate of drug-likeness (QED) is 0.110. The van der Waals surface area contributed by atoms with Crippen LogP contribution in [0.4, 0.5) is 5.69 Å². The molecule has 6 heteroatoms. The first-order valence-electron chi connectivity index (χ1n) is 15.0. The number of rotatable bonds is 8. The van der Waals surface area contributed by atoms with Gasteiger partial charge in [0.25, 0.3) is 0 Å². The van der Waals surface area contributed by atoms with E-state index in [2.05, 4.69) is 64.6 Å². The maximum absolute atomic E-state index is 6.77. The van der Waals surface area contributed by atoms with Gasteiger partial charge in [-0.2, -0.15) is 0 Å². The van der Waals surface area contributed by atoms with Gasteiger partial charge in [-0.05, 0) is 79.2 Å². The van der Waals surface area contributed by atoms with Crippen molar-refractivity contribution in [3.8, 4) is 11.4 Å². The zero-order valence-electron chi connectivity index (χ0n) is 25.0. The molecule has 0 amide bonds. The summed E-state index contributed by atoms with van der Waals surface area (Å²) in [6.45, 7) is 2.07. The minimum Gasteiger partial charge on any atom is -0.383 e. The smallest absolute Gasteiger partial charge is 0.141 e. The van der Waals surface area contributed by atoms with Crippen molar-refractivity contribution in [2.24, 2.45) is 10.7 Å². The van der Waals surface area contributed by atoms with E-state index in [-0.39, 0.29) is 0 Å². The Balaban J connectivity index is 1.37. The van der Waals surface area contributed by atoms with Crippen molar-refractivity contribution in [2.45, 2.75) is 13.3 Å². The van der Waals surface area contributed by atoms with E-state index in [4.69, 9.17) is 20.7 Å². The van der Waals surface area contributed by atoms with Crippen molar-refractivity contribution < 1.29 is 0 Å². The number of amidine groups is 1. The number of nitrogens with zero attached hydrogens (tertiary/aromatic N) is 5. The molecule has 5 aromatic carbocycles. The molecule has 0 radical (unpaired) electrons. The molecule has 2 aromatic heterocycles. The van der Waals surface area contributed by atoms with E-state index in [1.165, 1.54) is 0 Å². The molecule has 0 atom stereocenters. The molecule has 0 saturated heterocycles. The lowest BCUT2D eigenvalue weighted by Crippen LogP contribution is -2.14. The number of hydrogen-bond donors (Lipinski definition) is 1. The summed E-state index contributed by atoms with van der Waals surface area (Å²) in [7, 11) is 0. The van der Waals surface area contributed by atoms with E-state index in [1.54, 1.807) is 0 Å². The monoisotopic (exact) mass is 584 g/mol. The largest absolute Gasteiger partial charge is 0.383 e. The molecule has 2 heterocycles. The maximum Gasteiger partial charge on any atom is 0.141 e. The summed E-state index contributed by atoms with van der Waals surface area (Å²) in [5, 5.41) is 0. The Bertz CT molecular complexity index is 2190. The van der Waals surface area contributed by atoms with Crippen LogP contribution in [-0.2, 0) is 6.42 Å². The molecule has 2 N–H and O–H groups in total. The summed E-state index contributed by atoms with van der Waals surface area (Å²) >= 11 is 0. The van der Waals surface area contributed by atoms with Crippen LogP contribution in [0.5, 0.6) is 0 Å². The van der Waals surface area contributed by atoms with Crippen molar-refractivity contribution >= 4 is 39.2 Å². The second kappa shape index (κ2) is 12.3. The predicted octanol–water partition coefficient (Wildman–Crippen LogP) is 8.63. The lowest BCUT2D eigenvalue weighted by Gasteiger charge is -2.11. The van der Waals surface area contributed by atoms with Crippen molar-refractivity contribution in [1.29, 1.82) is 0 Å².